The number of carbonyl (C=O) groups excluding carboxylic acids is 2. The van der Waals surface area contributed by atoms with Crippen molar-refractivity contribution >= 4 is 11.8 Å². The molecule has 2 aliphatic heterocycles. The number of amides is 2. The summed E-state index contributed by atoms with van der Waals surface area (Å²) in [5, 5.41) is 6.37. The molecule has 2 heterocycles. The van der Waals surface area contributed by atoms with Gasteiger partial charge in [-0.05, 0) is 37.9 Å². The molecule has 1 unspecified atom stereocenters. The van der Waals surface area contributed by atoms with Crippen molar-refractivity contribution in [2.24, 2.45) is 5.92 Å². The zero-order valence-electron chi connectivity index (χ0n) is 15.4. The molecule has 1 aromatic carbocycles. The lowest BCUT2D eigenvalue weighted by atomic mass is 9.95. The molecule has 1 atom stereocenters. The highest BCUT2D eigenvalue weighted by Gasteiger charge is 2.29. The normalized spacial score (nSPS) is 20.7. The number of nitrogens with zero attached hydrogens (tertiary/aromatic N) is 1. The Hall–Kier alpha value is -2.28. The fourth-order valence-corrected chi connectivity index (χ4v) is 3.56. The molecule has 3 rings (SSSR count). The molecule has 142 valence electrons. The highest BCUT2D eigenvalue weighted by molar-refractivity contribution is 5.95. The SMILES string of the molecule is COc1cc(OC)cc(C(=O)N2CCC(C(=O)NC3CCNC3)CC2)c1. The number of hydrogen-bond acceptors (Lipinski definition) is 5. The second kappa shape index (κ2) is 8.40. The summed E-state index contributed by atoms with van der Waals surface area (Å²) in [6, 6.07) is 5.42. The van der Waals surface area contributed by atoms with Crippen LogP contribution in [0.25, 0.3) is 0 Å². The maximum absolute atomic E-state index is 12.8. The third kappa shape index (κ3) is 4.27. The molecule has 2 aliphatic rings. The first-order valence-corrected chi connectivity index (χ1v) is 9.14. The van der Waals surface area contributed by atoms with Crippen LogP contribution in [-0.2, 0) is 4.79 Å². The number of nitrogens with one attached hydrogen (secondary N) is 2. The summed E-state index contributed by atoms with van der Waals surface area (Å²) in [7, 11) is 3.13. The molecule has 1 aromatic rings. The van der Waals surface area contributed by atoms with Gasteiger partial charge in [0.2, 0.25) is 5.91 Å². The Labute approximate surface area is 154 Å². The Morgan fingerprint density at radius 1 is 1.08 bits per heavy atom. The summed E-state index contributed by atoms with van der Waals surface area (Å²) in [6.07, 6.45) is 2.37. The van der Waals surface area contributed by atoms with Gasteiger partial charge in [0, 0.05) is 43.2 Å². The highest BCUT2D eigenvalue weighted by Crippen LogP contribution is 2.25. The Morgan fingerprint density at radius 3 is 2.27 bits per heavy atom. The number of rotatable bonds is 5. The molecule has 0 bridgehead atoms. The van der Waals surface area contributed by atoms with Crippen LogP contribution in [0.3, 0.4) is 0 Å². The Kier molecular flexibility index (Phi) is 5.98. The van der Waals surface area contributed by atoms with Gasteiger partial charge in [0.1, 0.15) is 11.5 Å². The van der Waals surface area contributed by atoms with Crippen LogP contribution in [0.1, 0.15) is 29.6 Å². The van der Waals surface area contributed by atoms with Crippen molar-refractivity contribution in [3.8, 4) is 11.5 Å². The van der Waals surface area contributed by atoms with Gasteiger partial charge in [-0.3, -0.25) is 9.59 Å². The number of carbonyl (C=O) groups is 2. The molecule has 2 fully saturated rings. The van der Waals surface area contributed by atoms with Gasteiger partial charge < -0.3 is 25.0 Å². The summed E-state index contributed by atoms with van der Waals surface area (Å²) >= 11 is 0. The second-order valence-electron chi connectivity index (χ2n) is 6.87. The molecule has 26 heavy (non-hydrogen) atoms. The number of likely N-dealkylation sites (tertiary alicyclic amines) is 1. The van der Waals surface area contributed by atoms with E-state index in [-0.39, 0.29) is 23.8 Å². The zero-order valence-corrected chi connectivity index (χ0v) is 15.4. The summed E-state index contributed by atoms with van der Waals surface area (Å²) in [4.78, 5) is 27.0. The fourth-order valence-electron chi connectivity index (χ4n) is 3.56. The average molecular weight is 361 g/mol. The second-order valence-corrected chi connectivity index (χ2v) is 6.87. The van der Waals surface area contributed by atoms with Crippen LogP contribution in [0, 0.1) is 5.92 Å². The lowest BCUT2D eigenvalue weighted by Crippen LogP contribution is -2.45. The van der Waals surface area contributed by atoms with E-state index in [0.29, 0.717) is 43.0 Å². The highest BCUT2D eigenvalue weighted by atomic mass is 16.5. The van der Waals surface area contributed by atoms with E-state index in [2.05, 4.69) is 10.6 Å². The Balaban J connectivity index is 1.57. The van der Waals surface area contributed by atoms with Gasteiger partial charge in [-0.15, -0.1) is 0 Å². The molecule has 2 N–H and O–H groups in total. The third-order valence-electron chi connectivity index (χ3n) is 5.16. The van der Waals surface area contributed by atoms with E-state index in [4.69, 9.17) is 9.47 Å². The summed E-state index contributed by atoms with van der Waals surface area (Å²) in [6.45, 7) is 2.97. The van der Waals surface area contributed by atoms with Crippen LogP contribution in [0.2, 0.25) is 0 Å². The van der Waals surface area contributed by atoms with Crippen LogP contribution < -0.4 is 20.1 Å². The van der Waals surface area contributed by atoms with Gasteiger partial charge in [-0.2, -0.15) is 0 Å². The molecule has 2 amide bonds. The lowest BCUT2D eigenvalue weighted by molar-refractivity contribution is -0.126. The molecular formula is C19H27N3O4. The zero-order chi connectivity index (χ0) is 18.5. The van der Waals surface area contributed by atoms with Crippen molar-refractivity contribution in [2.45, 2.75) is 25.3 Å². The standard InChI is InChI=1S/C19H27N3O4/c1-25-16-9-14(10-17(11-16)26-2)19(24)22-7-4-13(5-8-22)18(23)21-15-3-6-20-12-15/h9-11,13,15,20H,3-8,12H2,1-2H3,(H,21,23). The lowest BCUT2D eigenvalue weighted by Gasteiger charge is -2.32. The van der Waals surface area contributed by atoms with Gasteiger partial charge >= 0.3 is 0 Å². The van der Waals surface area contributed by atoms with E-state index in [1.54, 1.807) is 37.3 Å². The number of hydrogen-bond donors (Lipinski definition) is 2. The first-order chi connectivity index (χ1) is 12.6. The number of benzene rings is 1. The minimum Gasteiger partial charge on any atom is -0.497 e. The monoisotopic (exact) mass is 361 g/mol. The molecule has 0 saturated carbocycles. The largest absolute Gasteiger partial charge is 0.497 e. The maximum Gasteiger partial charge on any atom is 0.254 e. The van der Waals surface area contributed by atoms with Crippen LogP contribution in [0.5, 0.6) is 11.5 Å². The van der Waals surface area contributed by atoms with E-state index in [0.717, 1.165) is 19.5 Å². The quantitative estimate of drug-likeness (QED) is 0.819. The molecule has 2 saturated heterocycles. The van der Waals surface area contributed by atoms with Gasteiger partial charge in [-0.25, -0.2) is 0 Å². The number of methoxy groups -OCH3 is 2. The topological polar surface area (TPSA) is 79.9 Å². The maximum atomic E-state index is 12.8. The molecule has 7 heteroatoms. The van der Waals surface area contributed by atoms with Crippen molar-refractivity contribution in [3.05, 3.63) is 23.8 Å². The minimum absolute atomic E-state index is 0.0144. The molecule has 0 spiro atoms. The third-order valence-corrected chi connectivity index (χ3v) is 5.16. The molecule has 7 nitrogen and oxygen atoms in total. The molecule has 0 aliphatic carbocycles. The first-order valence-electron chi connectivity index (χ1n) is 9.14. The van der Waals surface area contributed by atoms with Crippen LogP contribution in [0.4, 0.5) is 0 Å². The minimum atomic E-state index is -0.0546. The Morgan fingerprint density at radius 2 is 1.73 bits per heavy atom. The average Bonchev–Trinajstić information content (AvgIpc) is 3.20. The van der Waals surface area contributed by atoms with Gasteiger partial charge in [0.05, 0.1) is 14.2 Å². The van der Waals surface area contributed by atoms with E-state index in [9.17, 15) is 9.59 Å². The summed E-state index contributed by atoms with van der Waals surface area (Å²) < 4.78 is 10.5. The predicted octanol–water partition coefficient (Wildman–Crippen LogP) is 1.03. The molecule has 0 radical (unpaired) electrons. The van der Waals surface area contributed by atoms with Gasteiger partial charge in [0.25, 0.3) is 5.91 Å². The van der Waals surface area contributed by atoms with Crippen molar-refractivity contribution in [1.82, 2.24) is 15.5 Å². The fraction of sp³-hybridized carbons (Fsp3) is 0.579. The van der Waals surface area contributed by atoms with E-state index >= 15 is 0 Å². The van der Waals surface area contributed by atoms with Crippen LogP contribution >= 0.6 is 0 Å². The predicted molar refractivity (Wildman–Crippen MR) is 97.6 cm³/mol. The first kappa shape index (κ1) is 18.5. The summed E-state index contributed by atoms with van der Waals surface area (Å²) in [5.41, 5.74) is 0.543. The van der Waals surface area contributed by atoms with Crippen LogP contribution in [-0.4, -0.2) is 63.2 Å². The van der Waals surface area contributed by atoms with Gasteiger partial charge in [-0.1, -0.05) is 0 Å². The van der Waals surface area contributed by atoms with E-state index in [1.165, 1.54) is 0 Å². The van der Waals surface area contributed by atoms with Crippen LogP contribution in [0.15, 0.2) is 18.2 Å². The van der Waals surface area contributed by atoms with Crippen molar-refractivity contribution < 1.29 is 19.1 Å². The van der Waals surface area contributed by atoms with Crippen molar-refractivity contribution in [2.75, 3.05) is 40.4 Å². The van der Waals surface area contributed by atoms with E-state index < -0.39 is 0 Å². The number of piperidine rings is 1. The van der Waals surface area contributed by atoms with E-state index in [1.807, 2.05) is 0 Å². The Bertz CT molecular complexity index is 628. The smallest absolute Gasteiger partial charge is 0.254 e. The molecular weight excluding hydrogens is 334 g/mol. The molecule has 0 aromatic heterocycles. The van der Waals surface area contributed by atoms with Gasteiger partial charge in [0.15, 0.2) is 0 Å². The van der Waals surface area contributed by atoms with Crippen molar-refractivity contribution in [1.29, 1.82) is 0 Å². The summed E-state index contributed by atoms with van der Waals surface area (Å²) in [5.74, 6) is 1.23. The number of ether oxygens (including phenoxy) is 2. The van der Waals surface area contributed by atoms with Crippen molar-refractivity contribution in [3.63, 3.8) is 0 Å².